The predicted molar refractivity (Wildman–Crippen MR) is 172 cm³/mol. The number of morpholine rings is 1. The third-order valence-corrected chi connectivity index (χ3v) is 8.20. The van der Waals surface area contributed by atoms with Gasteiger partial charge in [-0.05, 0) is 87.1 Å². The first-order chi connectivity index (χ1) is 21.4. The largest absolute Gasteiger partial charge is 0.379 e. The number of H-pyrrole nitrogens is 1. The lowest BCUT2D eigenvalue weighted by molar-refractivity contribution is -0.114. The summed E-state index contributed by atoms with van der Waals surface area (Å²) < 4.78 is 5.51. The highest BCUT2D eigenvalue weighted by molar-refractivity contribution is 6.28. The van der Waals surface area contributed by atoms with Gasteiger partial charge < -0.3 is 35.5 Å². The second-order valence-corrected chi connectivity index (χ2v) is 11.8. The third-order valence-electron chi connectivity index (χ3n) is 8.03. The number of imidazole rings is 1. The molecular formula is C30H43ClN10O3. The van der Waals surface area contributed by atoms with Gasteiger partial charge in [-0.3, -0.25) is 9.69 Å². The molecule has 0 saturated carbocycles. The van der Waals surface area contributed by atoms with E-state index < -0.39 is 0 Å². The van der Waals surface area contributed by atoms with Crippen LogP contribution in [0.5, 0.6) is 0 Å². The van der Waals surface area contributed by atoms with Crippen LogP contribution in [0.3, 0.4) is 0 Å². The molecule has 0 bridgehead atoms. The first-order valence-electron chi connectivity index (χ1n) is 15.5. The molecule has 13 nitrogen and oxygen atoms in total. The lowest BCUT2D eigenvalue weighted by Crippen LogP contribution is -2.43. The molecule has 14 heteroatoms. The van der Waals surface area contributed by atoms with Crippen LogP contribution in [0, 0.1) is 5.92 Å². The van der Waals surface area contributed by atoms with E-state index in [-0.39, 0.29) is 17.2 Å². The molecule has 0 spiro atoms. The number of benzene rings is 1. The molecule has 0 radical (unpaired) electrons. The highest BCUT2D eigenvalue weighted by Gasteiger charge is 2.25. The quantitative estimate of drug-likeness (QED) is 0.166. The summed E-state index contributed by atoms with van der Waals surface area (Å²) in [7, 11) is 0. The van der Waals surface area contributed by atoms with Gasteiger partial charge in [0.2, 0.25) is 11.2 Å². The average molecular weight is 627 g/mol. The van der Waals surface area contributed by atoms with Gasteiger partial charge in [0, 0.05) is 57.6 Å². The average Bonchev–Trinajstić information content (AvgIpc) is 3.49. The van der Waals surface area contributed by atoms with Crippen LogP contribution in [0.25, 0.3) is 11.2 Å². The van der Waals surface area contributed by atoms with Crippen molar-refractivity contribution in [3.63, 3.8) is 0 Å². The van der Waals surface area contributed by atoms with Crippen LogP contribution in [0.2, 0.25) is 5.28 Å². The fourth-order valence-corrected chi connectivity index (χ4v) is 6.11. The smallest absolute Gasteiger partial charge is 0.319 e. The molecule has 2 saturated heterocycles. The van der Waals surface area contributed by atoms with E-state index in [2.05, 4.69) is 50.6 Å². The Morgan fingerprint density at radius 2 is 1.82 bits per heavy atom. The van der Waals surface area contributed by atoms with Gasteiger partial charge in [-0.1, -0.05) is 0 Å². The van der Waals surface area contributed by atoms with Gasteiger partial charge in [0.1, 0.15) is 5.52 Å². The van der Waals surface area contributed by atoms with Gasteiger partial charge in [-0.2, -0.15) is 9.97 Å². The number of nitrogens with one attached hydrogen (secondary N) is 4. The number of urea groups is 1. The second-order valence-electron chi connectivity index (χ2n) is 11.5. The third kappa shape index (κ3) is 9.49. The molecule has 5 rings (SSSR count). The zero-order valence-electron chi connectivity index (χ0n) is 25.4. The van der Waals surface area contributed by atoms with E-state index in [1.807, 2.05) is 0 Å². The van der Waals surface area contributed by atoms with E-state index in [1.165, 1.54) is 6.92 Å². The topological polar surface area (TPSA) is 144 Å². The van der Waals surface area contributed by atoms with Gasteiger partial charge in [0.05, 0.1) is 19.5 Å². The Kier molecular flexibility index (Phi) is 11.6. The number of piperidine rings is 1. The number of aromatic nitrogens is 4. The Balaban J connectivity index is 1.12. The molecule has 1 aromatic carbocycles. The van der Waals surface area contributed by atoms with Crippen LogP contribution in [0.4, 0.5) is 22.0 Å². The van der Waals surface area contributed by atoms with Crippen molar-refractivity contribution in [2.75, 3.05) is 87.7 Å². The maximum atomic E-state index is 12.5. The Hall–Kier alpha value is -3.52. The molecule has 4 N–H and O–H groups in total. The predicted octanol–water partition coefficient (Wildman–Crippen LogP) is 3.42. The first-order valence-corrected chi connectivity index (χ1v) is 15.9. The highest BCUT2D eigenvalue weighted by atomic mass is 35.5. The van der Waals surface area contributed by atoms with Crippen molar-refractivity contribution in [2.45, 2.75) is 32.6 Å². The van der Waals surface area contributed by atoms with Crippen molar-refractivity contribution >= 4 is 51.9 Å². The molecule has 2 aromatic heterocycles. The van der Waals surface area contributed by atoms with Crippen molar-refractivity contribution in [3.05, 3.63) is 35.9 Å². The van der Waals surface area contributed by atoms with Crippen molar-refractivity contribution in [1.82, 2.24) is 35.1 Å². The van der Waals surface area contributed by atoms with E-state index in [0.29, 0.717) is 29.5 Å². The lowest BCUT2D eigenvalue weighted by Gasteiger charge is -2.36. The summed E-state index contributed by atoms with van der Waals surface area (Å²) in [5.41, 5.74) is 2.77. The molecule has 2 fully saturated rings. The summed E-state index contributed by atoms with van der Waals surface area (Å²) in [6.07, 6.45) is 5.81. The van der Waals surface area contributed by atoms with E-state index in [0.717, 1.165) is 103 Å². The second kappa shape index (κ2) is 16.0. The number of amides is 3. The highest BCUT2D eigenvalue weighted by Crippen LogP contribution is 2.28. The Morgan fingerprint density at radius 3 is 2.59 bits per heavy atom. The Labute approximate surface area is 263 Å². The summed E-state index contributed by atoms with van der Waals surface area (Å²) >= 11 is 6.23. The molecule has 4 heterocycles. The maximum absolute atomic E-state index is 12.5. The summed E-state index contributed by atoms with van der Waals surface area (Å²) in [4.78, 5) is 47.3. The molecular weight excluding hydrogens is 584 g/mol. The van der Waals surface area contributed by atoms with Crippen LogP contribution in [0.1, 0.15) is 32.6 Å². The lowest BCUT2D eigenvalue weighted by atomic mass is 9.97. The van der Waals surface area contributed by atoms with Gasteiger partial charge >= 0.3 is 6.03 Å². The minimum atomic E-state index is -0.243. The first kappa shape index (κ1) is 31.9. The van der Waals surface area contributed by atoms with Crippen LogP contribution >= 0.6 is 11.6 Å². The minimum Gasteiger partial charge on any atom is -0.379 e. The van der Waals surface area contributed by atoms with E-state index >= 15 is 0 Å². The van der Waals surface area contributed by atoms with Crippen molar-refractivity contribution in [2.24, 2.45) is 5.92 Å². The molecule has 1 unspecified atom stereocenters. The number of hydrogen-bond acceptors (Lipinski definition) is 9. The summed E-state index contributed by atoms with van der Waals surface area (Å²) in [6, 6.07) is 6.81. The number of halogens is 1. The van der Waals surface area contributed by atoms with Gasteiger partial charge in [-0.15, -0.1) is 0 Å². The molecule has 3 amide bonds. The SMILES string of the molecule is CC(=O)Nc1ccc(NC(=O)NCCCN(CCCN2CCOCC2)CC2CCCN(c3nc(Cl)nc4nc[nH]c34)C2)cc1. The molecule has 0 aliphatic carbocycles. The van der Waals surface area contributed by atoms with Gasteiger partial charge in [-0.25, -0.2) is 9.78 Å². The van der Waals surface area contributed by atoms with Gasteiger partial charge in [0.15, 0.2) is 11.5 Å². The molecule has 2 aliphatic heterocycles. The van der Waals surface area contributed by atoms with E-state index in [4.69, 9.17) is 16.3 Å². The number of nitrogens with zero attached hydrogens (tertiary/aromatic N) is 6. The van der Waals surface area contributed by atoms with Gasteiger partial charge in [0.25, 0.3) is 0 Å². The normalized spacial score (nSPS) is 17.6. The van der Waals surface area contributed by atoms with Crippen molar-refractivity contribution < 1.29 is 14.3 Å². The zero-order chi connectivity index (χ0) is 30.7. The molecule has 3 aromatic rings. The number of fused-ring (bicyclic) bond motifs is 1. The standard InChI is InChI=1S/C30H43ClN10O3/c1-22(42)35-24-6-8-25(9-7-24)36-30(43)32-10-3-11-40(13-4-12-39-15-17-44-18-16-39)19-23-5-2-14-41(20-23)28-26-27(34-21-33-26)37-29(31)38-28/h6-9,21,23H,2-5,10-20H2,1H3,(H,35,42)(H2,32,36,43)(H,33,34,37,38). The van der Waals surface area contributed by atoms with Crippen molar-refractivity contribution in [1.29, 1.82) is 0 Å². The molecule has 1 atom stereocenters. The summed E-state index contributed by atoms with van der Waals surface area (Å²) in [5, 5.41) is 8.77. The molecule has 2 aliphatic rings. The number of carbonyl (C=O) groups is 2. The number of ether oxygens (including phenoxy) is 1. The van der Waals surface area contributed by atoms with Crippen molar-refractivity contribution in [3.8, 4) is 0 Å². The van der Waals surface area contributed by atoms with Crippen LogP contribution in [0.15, 0.2) is 30.6 Å². The van der Waals surface area contributed by atoms with E-state index in [9.17, 15) is 9.59 Å². The monoisotopic (exact) mass is 626 g/mol. The zero-order valence-corrected chi connectivity index (χ0v) is 26.1. The summed E-state index contributed by atoms with van der Waals surface area (Å²) in [5.74, 6) is 1.17. The number of hydrogen-bond donors (Lipinski definition) is 4. The number of anilines is 3. The Morgan fingerprint density at radius 1 is 1.07 bits per heavy atom. The number of aromatic amines is 1. The van der Waals surface area contributed by atoms with Crippen LogP contribution in [-0.2, 0) is 9.53 Å². The number of rotatable bonds is 13. The summed E-state index contributed by atoms with van der Waals surface area (Å²) in [6.45, 7) is 11.4. The van der Waals surface area contributed by atoms with Crippen LogP contribution < -0.4 is 20.9 Å². The Bertz CT molecular complexity index is 1360. The van der Waals surface area contributed by atoms with E-state index in [1.54, 1.807) is 30.6 Å². The maximum Gasteiger partial charge on any atom is 0.319 e. The molecule has 44 heavy (non-hydrogen) atoms. The molecule has 238 valence electrons. The fraction of sp³-hybridized carbons (Fsp3) is 0.567. The number of carbonyl (C=O) groups excluding carboxylic acids is 2. The minimum absolute atomic E-state index is 0.134. The fourth-order valence-electron chi connectivity index (χ4n) is 5.95. The van der Waals surface area contributed by atoms with Crippen LogP contribution in [-0.4, -0.2) is 114 Å².